The molecule has 1 amide bonds. The van der Waals surface area contributed by atoms with Gasteiger partial charge in [0.05, 0.1) is 5.56 Å². The molecule has 0 N–H and O–H groups in total. The van der Waals surface area contributed by atoms with Gasteiger partial charge in [0.2, 0.25) is 0 Å². The molecule has 39 heavy (non-hydrogen) atoms. The zero-order valence-electron chi connectivity index (χ0n) is 22.6. The molecular weight excluding hydrogens is 515 g/mol. The topological polar surface area (TPSA) is 89.9 Å². The highest BCUT2D eigenvalue weighted by molar-refractivity contribution is 6.00. The number of carbonyl (C=O) groups excluding carboxylic acids is 1. The van der Waals surface area contributed by atoms with E-state index >= 15 is 0 Å². The van der Waals surface area contributed by atoms with Crippen LogP contribution in [0.1, 0.15) is 39.2 Å². The maximum Gasteiger partial charge on any atom is 0.416 e. The molecule has 1 atom stereocenters. The molecule has 2 aromatic heterocycles. The van der Waals surface area contributed by atoms with E-state index in [1.165, 1.54) is 13.2 Å². The van der Waals surface area contributed by atoms with Gasteiger partial charge in [-0.2, -0.15) is 13.2 Å². The lowest BCUT2D eigenvalue weighted by Gasteiger charge is -2.38. The average molecular weight is 548 g/mol. The zero-order chi connectivity index (χ0) is 28.4. The van der Waals surface area contributed by atoms with Crippen molar-refractivity contribution in [3.05, 3.63) is 42.2 Å². The first-order valence-corrected chi connectivity index (χ1v) is 12.5. The number of nitrogens with zero attached hydrogens (tertiary/aromatic N) is 5. The number of likely N-dealkylation sites (N-methyl/N-ethyl adjacent to an activating group) is 1. The SMILES string of the molecule is COCOc1cc(C(F)(F)F)ccc1-c1nnc(N(C)[C@@H]2CCCN(C(=O)OC(C)(C)C)C2)c2cnccc12. The van der Waals surface area contributed by atoms with E-state index in [0.29, 0.717) is 40.9 Å². The van der Waals surface area contributed by atoms with Crippen LogP contribution in [0.25, 0.3) is 22.0 Å². The number of hydrogen-bond acceptors (Lipinski definition) is 8. The fourth-order valence-electron chi connectivity index (χ4n) is 4.52. The van der Waals surface area contributed by atoms with Crippen molar-refractivity contribution in [1.29, 1.82) is 0 Å². The highest BCUT2D eigenvalue weighted by Crippen LogP contribution is 2.40. The summed E-state index contributed by atoms with van der Waals surface area (Å²) in [5.74, 6) is 0.518. The molecule has 1 saturated heterocycles. The van der Waals surface area contributed by atoms with Crippen LogP contribution in [0.2, 0.25) is 0 Å². The van der Waals surface area contributed by atoms with E-state index in [-0.39, 0.29) is 24.7 Å². The molecule has 1 aliphatic rings. The second-order valence-electron chi connectivity index (χ2n) is 10.4. The first-order valence-electron chi connectivity index (χ1n) is 12.5. The first-order chi connectivity index (χ1) is 18.4. The van der Waals surface area contributed by atoms with E-state index in [4.69, 9.17) is 14.2 Å². The number of pyridine rings is 1. The molecule has 0 radical (unpaired) electrons. The van der Waals surface area contributed by atoms with Crippen molar-refractivity contribution in [2.45, 2.75) is 51.4 Å². The number of halogens is 3. The Morgan fingerprint density at radius 1 is 1.15 bits per heavy atom. The average Bonchev–Trinajstić information content (AvgIpc) is 2.89. The number of rotatable bonds is 6. The number of aromatic nitrogens is 3. The van der Waals surface area contributed by atoms with Crippen LogP contribution in [-0.4, -0.2) is 71.9 Å². The Morgan fingerprint density at radius 3 is 2.62 bits per heavy atom. The maximum atomic E-state index is 13.4. The molecule has 3 heterocycles. The highest BCUT2D eigenvalue weighted by atomic mass is 19.4. The number of fused-ring (bicyclic) bond motifs is 1. The third-order valence-electron chi connectivity index (χ3n) is 6.39. The van der Waals surface area contributed by atoms with Gasteiger partial charge in [0.1, 0.15) is 17.0 Å². The number of amides is 1. The van der Waals surface area contributed by atoms with Gasteiger partial charge in [0.25, 0.3) is 0 Å². The van der Waals surface area contributed by atoms with Crippen molar-refractivity contribution < 1.29 is 32.2 Å². The van der Waals surface area contributed by atoms with Gasteiger partial charge in [-0.1, -0.05) is 0 Å². The van der Waals surface area contributed by atoms with Gasteiger partial charge in [0, 0.05) is 62.0 Å². The van der Waals surface area contributed by atoms with Gasteiger partial charge in [-0.05, 0) is 57.9 Å². The minimum Gasteiger partial charge on any atom is -0.467 e. The summed E-state index contributed by atoms with van der Waals surface area (Å²) in [5.41, 5.74) is -0.752. The van der Waals surface area contributed by atoms with Crippen LogP contribution in [0.4, 0.5) is 23.8 Å². The quantitative estimate of drug-likeness (QED) is 0.372. The van der Waals surface area contributed by atoms with Gasteiger partial charge in [-0.3, -0.25) is 4.98 Å². The lowest BCUT2D eigenvalue weighted by Crippen LogP contribution is -2.50. The second kappa shape index (κ2) is 11.2. The smallest absolute Gasteiger partial charge is 0.416 e. The number of likely N-dealkylation sites (tertiary alicyclic amines) is 1. The Hall–Kier alpha value is -3.67. The van der Waals surface area contributed by atoms with Gasteiger partial charge in [-0.25, -0.2) is 4.79 Å². The van der Waals surface area contributed by atoms with Crippen molar-refractivity contribution >= 4 is 22.7 Å². The summed E-state index contributed by atoms with van der Waals surface area (Å²) in [4.78, 5) is 20.6. The Labute approximate surface area is 224 Å². The summed E-state index contributed by atoms with van der Waals surface area (Å²) in [5, 5.41) is 10.2. The number of anilines is 1. The van der Waals surface area contributed by atoms with Crippen LogP contribution in [-0.2, 0) is 15.7 Å². The van der Waals surface area contributed by atoms with E-state index in [1.54, 1.807) is 23.4 Å². The molecule has 210 valence electrons. The Bertz CT molecular complexity index is 1330. The van der Waals surface area contributed by atoms with E-state index in [0.717, 1.165) is 25.0 Å². The van der Waals surface area contributed by atoms with Crippen molar-refractivity contribution in [3.8, 4) is 17.0 Å². The summed E-state index contributed by atoms with van der Waals surface area (Å²) in [6.45, 7) is 6.30. The van der Waals surface area contributed by atoms with Crippen LogP contribution in [0, 0.1) is 0 Å². The second-order valence-corrected chi connectivity index (χ2v) is 10.4. The molecule has 0 saturated carbocycles. The minimum atomic E-state index is -4.54. The molecular formula is C27H32F3N5O4. The largest absolute Gasteiger partial charge is 0.467 e. The molecule has 4 rings (SSSR count). The standard InChI is InChI=1S/C27H32F3N5O4/c1-26(2,3)39-25(36)35-12-6-7-18(15-35)34(4)24-21-14-31-11-10-19(21)23(32-33-24)20-9-8-17(27(28,29)30)13-22(20)38-16-37-5/h8-11,13-14,18H,6-7,12,15-16H2,1-5H3/t18-/m1/s1. The van der Waals surface area contributed by atoms with Gasteiger partial charge < -0.3 is 24.0 Å². The molecule has 1 aliphatic heterocycles. The first kappa shape index (κ1) is 28.3. The lowest BCUT2D eigenvalue weighted by molar-refractivity contribution is -0.137. The Balaban J connectivity index is 1.70. The molecule has 0 aliphatic carbocycles. The summed E-state index contributed by atoms with van der Waals surface area (Å²) in [7, 11) is 3.26. The number of alkyl halides is 3. The zero-order valence-corrected chi connectivity index (χ0v) is 22.6. The summed E-state index contributed by atoms with van der Waals surface area (Å²) >= 11 is 0. The Kier molecular flexibility index (Phi) is 8.15. The van der Waals surface area contributed by atoms with Crippen molar-refractivity contribution in [2.24, 2.45) is 0 Å². The molecule has 0 unspecified atom stereocenters. The summed E-state index contributed by atoms with van der Waals surface area (Å²) < 4.78 is 56.2. The number of methoxy groups -OCH3 is 1. The van der Waals surface area contributed by atoms with Crippen molar-refractivity contribution in [2.75, 3.05) is 38.9 Å². The fourth-order valence-corrected chi connectivity index (χ4v) is 4.52. The lowest BCUT2D eigenvalue weighted by atomic mass is 10.0. The number of ether oxygens (including phenoxy) is 3. The van der Waals surface area contributed by atoms with E-state index in [1.807, 2.05) is 32.7 Å². The molecule has 12 heteroatoms. The van der Waals surface area contributed by atoms with Crippen LogP contribution in [0.3, 0.4) is 0 Å². The molecule has 9 nitrogen and oxygen atoms in total. The molecule has 0 spiro atoms. The fraction of sp³-hybridized carbons (Fsp3) is 0.481. The van der Waals surface area contributed by atoms with E-state index in [9.17, 15) is 18.0 Å². The Morgan fingerprint density at radius 2 is 1.92 bits per heavy atom. The minimum absolute atomic E-state index is 0.0273. The number of benzene rings is 1. The summed E-state index contributed by atoms with van der Waals surface area (Å²) in [6, 6.07) is 4.91. The summed E-state index contributed by atoms with van der Waals surface area (Å²) in [6.07, 6.45) is -0.0489. The molecule has 1 aromatic carbocycles. The van der Waals surface area contributed by atoms with Gasteiger partial charge >= 0.3 is 12.3 Å². The third kappa shape index (κ3) is 6.49. The van der Waals surface area contributed by atoms with Gasteiger partial charge in [0.15, 0.2) is 12.6 Å². The highest BCUT2D eigenvalue weighted by Gasteiger charge is 2.33. The molecule has 1 fully saturated rings. The van der Waals surface area contributed by atoms with Gasteiger partial charge in [-0.15, -0.1) is 10.2 Å². The van der Waals surface area contributed by atoms with Crippen LogP contribution < -0.4 is 9.64 Å². The van der Waals surface area contributed by atoms with Crippen molar-refractivity contribution in [3.63, 3.8) is 0 Å². The van der Waals surface area contributed by atoms with Crippen LogP contribution in [0.15, 0.2) is 36.7 Å². The number of piperidine rings is 1. The molecule has 3 aromatic rings. The predicted octanol–water partition coefficient (Wildman–Crippen LogP) is 5.53. The number of hydrogen-bond donors (Lipinski definition) is 0. The number of carbonyl (C=O) groups is 1. The van der Waals surface area contributed by atoms with Crippen LogP contribution >= 0.6 is 0 Å². The predicted molar refractivity (Wildman–Crippen MR) is 140 cm³/mol. The molecule has 0 bridgehead atoms. The van der Waals surface area contributed by atoms with E-state index < -0.39 is 17.3 Å². The van der Waals surface area contributed by atoms with Crippen LogP contribution in [0.5, 0.6) is 5.75 Å². The maximum absolute atomic E-state index is 13.4. The van der Waals surface area contributed by atoms with Crippen molar-refractivity contribution in [1.82, 2.24) is 20.1 Å². The normalized spacial score (nSPS) is 16.3. The monoisotopic (exact) mass is 547 g/mol. The van der Waals surface area contributed by atoms with E-state index in [2.05, 4.69) is 15.2 Å². The third-order valence-corrected chi connectivity index (χ3v) is 6.39.